The summed E-state index contributed by atoms with van der Waals surface area (Å²) in [6.45, 7) is 4.79. The van der Waals surface area contributed by atoms with Crippen molar-refractivity contribution in [3.8, 4) is 0 Å². The standard InChI is InChI=1S/C20H26N4OS/c25-19(16-6-3-5-15(11-16)17-7-4-8-21-12-17)22-13-18-14-26-20(23-18)24-9-1-2-10-24/h3,5-6,11,14,17,21H,1-2,4,7-10,12-13H2,(H,22,25)/t17-/m1/s1. The topological polar surface area (TPSA) is 57.3 Å². The highest BCUT2D eigenvalue weighted by atomic mass is 32.1. The van der Waals surface area contributed by atoms with Crippen LogP contribution in [0, 0.1) is 0 Å². The molecule has 1 amide bonds. The van der Waals surface area contributed by atoms with Crippen LogP contribution >= 0.6 is 11.3 Å². The fraction of sp³-hybridized carbons (Fsp3) is 0.500. The summed E-state index contributed by atoms with van der Waals surface area (Å²) in [5.41, 5.74) is 2.94. The van der Waals surface area contributed by atoms with Gasteiger partial charge in [0.1, 0.15) is 0 Å². The molecule has 2 fully saturated rings. The minimum Gasteiger partial charge on any atom is -0.348 e. The van der Waals surface area contributed by atoms with Crippen molar-refractivity contribution in [1.82, 2.24) is 15.6 Å². The van der Waals surface area contributed by atoms with E-state index in [9.17, 15) is 4.79 Å². The van der Waals surface area contributed by atoms with Gasteiger partial charge in [0.15, 0.2) is 5.13 Å². The molecule has 26 heavy (non-hydrogen) atoms. The highest BCUT2D eigenvalue weighted by Crippen LogP contribution is 2.25. The maximum absolute atomic E-state index is 12.6. The summed E-state index contributed by atoms with van der Waals surface area (Å²) in [5, 5.41) is 9.60. The van der Waals surface area contributed by atoms with E-state index in [-0.39, 0.29) is 5.91 Å². The Morgan fingerprint density at radius 2 is 2.19 bits per heavy atom. The van der Waals surface area contributed by atoms with Crippen LogP contribution in [-0.4, -0.2) is 37.1 Å². The number of rotatable bonds is 5. The van der Waals surface area contributed by atoms with Gasteiger partial charge >= 0.3 is 0 Å². The van der Waals surface area contributed by atoms with Crippen LogP contribution in [0.3, 0.4) is 0 Å². The van der Waals surface area contributed by atoms with Crippen LogP contribution in [0.25, 0.3) is 0 Å². The normalized spacial score (nSPS) is 20.3. The van der Waals surface area contributed by atoms with Gasteiger partial charge in [0.2, 0.25) is 0 Å². The van der Waals surface area contributed by atoms with Crippen molar-refractivity contribution in [2.75, 3.05) is 31.1 Å². The van der Waals surface area contributed by atoms with Gasteiger partial charge in [-0.05, 0) is 55.8 Å². The number of hydrogen-bond acceptors (Lipinski definition) is 5. The molecule has 0 radical (unpaired) electrons. The first kappa shape index (κ1) is 17.5. The quantitative estimate of drug-likeness (QED) is 0.849. The Labute approximate surface area is 158 Å². The Bertz CT molecular complexity index is 748. The first-order chi connectivity index (χ1) is 12.8. The molecule has 0 unspecified atom stereocenters. The van der Waals surface area contributed by atoms with Gasteiger partial charge in [0, 0.05) is 30.6 Å². The number of nitrogens with zero attached hydrogens (tertiary/aromatic N) is 2. The molecule has 138 valence electrons. The summed E-state index contributed by atoms with van der Waals surface area (Å²) in [6, 6.07) is 8.07. The van der Waals surface area contributed by atoms with Gasteiger partial charge in [-0.3, -0.25) is 4.79 Å². The molecule has 5 nitrogen and oxygen atoms in total. The number of carbonyl (C=O) groups excluding carboxylic acids is 1. The molecule has 2 saturated heterocycles. The summed E-state index contributed by atoms with van der Waals surface area (Å²) < 4.78 is 0. The predicted octanol–water partition coefficient (Wildman–Crippen LogP) is 3.14. The summed E-state index contributed by atoms with van der Waals surface area (Å²) in [4.78, 5) is 19.6. The Morgan fingerprint density at radius 1 is 1.31 bits per heavy atom. The van der Waals surface area contributed by atoms with E-state index in [1.165, 1.54) is 31.2 Å². The molecule has 3 heterocycles. The molecule has 1 aromatic carbocycles. The lowest BCUT2D eigenvalue weighted by molar-refractivity contribution is 0.0950. The Hall–Kier alpha value is -1.92. The number of aromatic nitrogens is 1. The maximum atomic E-state index is 12.6. The monoisotopic (exact) mass is 370 g/mol. The number of thiazole rings is 1. The lowest BCUT2D eigenvalue weighted by Gasteiger charge is -2.23. The number of hydrogen-bond donors (Lipinski definition) is 2. The molecule has 6 heteroatoms. The predicted molar refractivity (Wildman–Crippen MR) is 106 cm³/mol. The van der Waals surface area contributed by atoms with Crippen molar-refractivity contribution < 1.29 is 4.79 Å². The highest BCUT2D eigenvalue weighted by Gasteiger charge is 2.18. The second-order valence-electron chi connectivity index (χ2n) is 7.17. The molecule has 1 atom stereocenters. The number of amides is 1. The van der Waals surface area contributed by atoms with E-state index in [4.69, 9.17) is 0 Å². The van der Waals surface area contributed by atoms with E-state index < -0.39 is 0 Å². The molecule has 1 aromatic heterocycles. The summed E-state index contributed by atoms with van der Waals surface area (Å²) >= 11 is 1.67. The average Bonchev–Trinajstić information content (AvgIpc) is 3.38. The van der Waals surface area contributed by atoms with Crippen molar-refractivity contribution in [2.45, 2.75) is 38.1 Å². The zero-order chi connectivity index (χ0) is 17.8. The largest absolute Gasteiger partial charge is 0.348 e. The third kappa shape index (κ3) is 4.07. The lowest BCUT2D eigenvalue weighted by Crippen LogP contribution is -2.28. The number of anilines is 1. The average molecular weight is 371 g/mol. The fourth-order valence-corrected chi connectivity index (χ4v) is 4.65. The third-order valence-corrected chi connectivity index (χ3v) is 6.21. The van der Waals surface area contributed by atoms with Gasteiger partial charge < -0.3 is 15.5 Å². The molecule has 0 bridgehead atoms. The zero-order valence-electron chi connectivity index (χ0n) is 15.0. The molecule has 4 rings (SSSR count). The lowest BCUT2D eigenvalue weighted by atomic mass is 9.90. The van der Waals surface area contributed by atoms with Gasteiger partial charge in [0.05, 0.1) is 12.2 Å². The SMILES string of the molecule is O=C(NCc1csc(N2CCCC2)n1)c1cccc([C@@H]2CCCNC2)c1. The van der Waals surface area contributed by atoms with E-state index in [1.807, 2.05) is 18.2 Å². The van der Waals surface area contributed by atoms with Crippen molar-refractivity contribution in [1.29, 1.82) is 0 Å². The van der Waals surface area contributed by atoms with Gasteiger partial charge in [0.25, 0.3) is 5.91 Å². The van der Waals surface area contributed by atoms with Crippen molar-refractivity contribution >= 4 is 22.4 Å². The van der Waals surface area contributed by atoms with Crippen LogP contribution in [-0.2, 0) is 6.54 Å². The minimum absolute atomic E-state index is 0.0219. The molecular weight excluding hydrogens is 344 g/mol. The van der Waals surface area contributed by atoms with Gasteiger partial charge in [-0.15, -0.1) is 11.3 Å². The number of carbonyl (C=O) groups is 1. The van der Waals surface area contributed by atoms with Gasteiger partial charge in [-0.25, -0.2) is 4.98 Å². The molecule has 0 spiro atoms. The Balaban J connectivity index is 1.36. The molecular formula is C20H26N4OS. The summed E-state index contributed by atoms with van der Waals surface area (Å²) in [5.74, 6) is 0.490. The minimum atomic E-state index is -0.0219. The molecule has 2 N–H and O–H groups in total. The molecule has 2 aliphatic rings. The van der Waals surface area contributed by atoms with Crippen LogP contribution in [0.4, 0.5) is 5.13 Å². The molecule has 0 aliphatic carbocycles. The van der Waals surface area contributed by atoms with E-state index >= 15 is 0 Å². The van der Waals surface area contributed by atoms with Crippen molar-refractivity contribution in [2.24, 2.45) is 0 Å². The highest BCUT2D eigenvalue weighted by molar-refractivity contribution is 7.13. The first-order valence-electron chi connectivity index (χ1n) is 9.58. The summed E-state index contributed by atoms with van der Waals surface area (Å²) in [6.07, 6.45) is 4.89. The second kappa shape index (κ2) is 8.18. The second-order valence-corrected chi connectivity index (χ2v) is 8.00. The number of benzene rings is 1. The van der Waals surface area contributed by atoms with Crippen LogP contribution in [0.5, 0.6) is 0 Å². The van der Waals surface area contributed by atoms with Crippen LogP contribution in [0.15, 0.2) is 29.6 Å². The number of nitrogens with one attached hydrogen (secondary N) is 2. The fourth-order valence-electron chi connectivity index (χ4n) is 3.77. The zero-order valence-corrected chi connectivity index (χ0v) is 15.9. The van der Waals surface area contributed by atoms with Crippen LogP contribution < -0.4 is 15.5 Å². The smallest absolute Gasteiger partial charge is 0.251 e. The molecule has 2 aliphatic heterocycles. The molecule has 2 aromatic rings. The van der Waals surface area contributed by atoms with Crippen molar-refractivity contribution in [3.63, 3.8) is 0 Å². The van der Waals surface area contributed by atoms with E-state index in [2.05, 4.69) is 32.0 Å². The van der Waals surface area contributed by atoms with Crippen LogP contribution in [0.1, 0.15) is 53.2 Å². The van der Waals surface area contributed by atoms with E-state index in [1.54, 1.807) is 11.3 Å². The first-order valence-corrected chi connectivity index (χ1v) is 10.5. The Kier molecular flexibility index (Phi) is 5.51. The van der Waals surface area contributed by atoms with E-state index in [0.29, 0.717) is 12.5 Å². The maximum Gasteiger partial charge on any atom is 0.251 e. The number of piperidine rings is 1. The van der Waals surface area contributed by atoms with Gasteiger partial charge in [-0.1, -0.05) is 12.1 Å². The third-order valence-electron chi connectivity index (χ3n) is 5.26. The van der Waals surface area contributed by atoms with Crippen LogP contribution in [0.2, 0.25) is 0 Å². The summed E-state index contributed by atoms with van der Waals surface area (Å²) in [7, 11) is 0. The van der Waals surface area contributed by atoms with Gasteiger partial charge in [-0.2, -0.15) is 0 Å². The Morgan fingerprint density at radius 3 is 3.00 bits per heavy atom. The van der Waals surface area contributed by atoms with Crippen molar-refractivity contribution in [3.05, 3.63) is 46.5 Å². The van der Waals surface area contributed by atoms with E-state index in [0.717, 1.165) is 42.6 Å². The molecule has 0 saturated carbocycles.